The zero-order valence-electron chi connectivity index (χ0n) is 10.8. The predicted octanol–water partition coefficient (Wildman–Crippen LogP) is 3.11. The van der Waals surface area contributed by atoms with Gasteiger partial charge in [-0.15, -0.1) is 0 Å². The molecule has 1 aliphatic rings. The van der Waals surface area contributed by atoms with Crippen LogP contribution in [0.25, 0.3) is 0 Å². The molecule has 0 spiro atoms. The van der Waals surface area contributed by atoms with Gasteiger partial charge in [-0.25, -0.2) is 4.79 Å². The van der Waals surface area contributed by atoms with Gasteiger partial charge < -0.3 is 15.3 Å². The van der Waals surface area contributed by atoms with Crippen molar-refractivity contribution in [1.29, 1.82) is 0 Å². The maximum atomic E-state index is 12.2. The van der Waals surface area contributed by atoms with Crippen LogP contribution in [0.4, 0.5) is 10.5 Å². The highest BCUT2D eigenvalue weighted by molar-refractivity contribution is 6.30. The number of nitrogens with zero attached hydrogens (tertiary/aromatic N) is 1. The van der Waals surface area contributed by atoms with Crippen LogP contribution in [0.3, 0.4) is 0 Å². The van der Waals surface area contributed by atoms with Crippen LogP contribution in [0, 0.1) is 0 Å². The first-order chi connectivity index (χ1) is 9.20. The molecule has 4 nitrogen and oxygen atoms in total. The highest BCUT2D eigenvalue weighted by Crippen LogP contribution is 2.19. The molecule has 1 aliphatic heterocycles. The summed E-state index contributed by atoms with van der Waals surface area (Å²) in [5.41, 5.74) is 0.718. The smallest absolute Gasteiger partial charge is 0.322 e. The number of carbonyl (C=O) groups is 1. The minimum Gasteiger partial charge on any atom is -0.394 e. The van der Waals surface area contributed by atoms with E-state index in [9.17, 15) is 9.90 Å². The molecule has 1 atom stereocenters. The second-order valence-corrected chi connectivity index (χ2v) is 5.25. The molecule has 0 bridgehead atoms. The zero-order valence-corrected chi connectivity index (χ0v) is 11.6. The number of nitrogens with one attached hydrogen (secondary N) is 1. The van der Waals surface area contributed by atoms with Crippen LogP contribution in [0.15, 0.2) is 24.3 Å². The number of rotatable bonds is 2. The highest BCUT2D eigenvalue weighted by Gasteiger charge is 2.24. The summed E-state index contributed by atoms with van der Waals surface area (Å²) in [6.45, 7) is 0.721. The summed E-state index contributed by atoms with van der Waals surface area (Å²) < 4.78 is 0. The van der Waals surface area contributed by atoms with Gasteiger partial charge >= 0.3 is 6.03 Å². The van der Waals surface area contributed by atoms with Gasteiger partial charge in [-0.1, -0.05) is 24.4 Å². The topological polar surface area (TPSA) is 52.6 Å². The standard InChI is InChI=1S/C14H19ClN2O2/c15-11-5-7-12(8-6-11)16-14(19)17-9-3-1-2-4-13(17)10-18/h5-8,13,18H,1-4,9-10H2,(H,16,19). The fraction of sp³-hybridized carbons (Fsp3) is 0.500. The minimum absolute atomic E-state index is 0.0219. The van der Waals surface area contributed by atoms with Gasteiger partial charge in [-0.2, -0.15) is 0 Å². The summed E-state index contributed by atoms with van der Waals surface area (Å²) in [7, 11) is 0. The number of carbonyl (C=O) groups excluding carboxylic acids is 1. The fourth-order valence-electron chi connectivity index (χ4n) is 2.36. The second-order valence-electron chi connectivity index (χ2n) is 4.82. The van der Waals surface area contributed by atoms with Crippen molar-refractivity contribution in [1.82, 2.24) is 4.90 Å². The monoisotopic (exact) mass is 282 g/mol. The van der Waals surface area contributed by atoms with Crippen molar-refractivity contribution in [2.75, 3.05) is 18.5 Å². The van der Waals surface area contributed by atoms with Crippen molar-refractivity contribution in [2.24, 2.45) is 0 Å². The third-order valence-corrected chi connectivity index (χ3v) is 3.70. The minimum atomic E-state index is -0.150. The molecule has 1 saturated heterocycles. The first-order valence-corrected chi connectivity index (χ1v) is 7.02. The summed E-state index contributed by atoms with van der Waals surface area (Å²) in [4.78, 5) is 14.0. The largest absolute Gasteiger partial charge is 0.394 e. The molecule has 1 fully saturated rings. The molecule has 1 aromatic rings. The SMILES string of the molecule is O=C(Nc1ccc(Cl)cc1)N1CCCCCC1CO. The Kier molecular flexibility index (Phi) is 5.05. The van der Waals surface area contributed by atoms with Crippen LogP contribution in [0.2, 0.25) is 5.02 Å². The highest BCUT2D eigenvalue weighted by atomic mass is 35.5. The van der Waals surface area contributed by atoms with E-state index in [-0.39, 0.29) is 18.7 Å². The molecule has 0 aliphatic carbocycles. The van der Waals surface area contributed by atoms with Gasteiger partial charge in [-0.3, -0.25) is 0 Å². The van der Waals surface area contributed by atoms with Crippen LogP contribution in [-0.4, -0.2) is 35.2 Å². The van der Waals surface area contributed by atoms with Gasteiger partial charge in [0.1, 0.15) is 0 Å². The van der Waals surface area contributed by atoms with Crippen molar-refractivity contribution < 1.29 is 9.90 Å². The Hall–Kier alpha value is -1.26. The van der Waals surface area contributed by atoms with Gasteiger partial charge in [0.25, 0.3) is 0 Å². The molecular weight excluding hydrogens is 264 g/mol. The fourth-order valence-corrected chi connectivity index (χ4v) is 2.49. The number of amides is 2. The maximum Gasteiger partial charge on any atom is 0.322 e. The molecule has 0 radical (unpaired) electrons. The van der Waals surface area contributed by atoms with Crippen LogP contribution in [0.5, 0.6) is 0 Å². The van der Waals surface area contributed by atoms with Gasteiger partial charge in [0, 0.05) is 17.3 Å². The third-order valence-electron chi connectivity index (χ3n) is 3.44. The summed E-state index contributed by atoms with van der Waals surface area (Å²) in [5.74, 6) is 0. The molecule has 19 heavy (non-hydrogen) atoms. The predicted molar refractivity (Wildman–Crippen MR) is 76.5 cm³/mol. The molecule has 1 aromatic carbocycles. The average Bonchev–Trinajstić information content (AvgIpc) is 2.66. The quantitative estimate of drug-likeness (QED) is 0.876. The van der Waals surface area contributed by atoms with E-state index in [1.54, 1.807) is 29.2 Å². The molecule has 0 aromatic heterocycles. The van der Waals surface area contributed by atoms with E-state index in [0.29, 0.717) is 11.6 Å². The van der Waals surface area contributed by atoms with Crippen molar-refractivity contribution in [3.05, 3.63) is 29.3 Å². The number of benzene rings is 1. The van der Waals surface area contributed by atoms with Crippen LogP contribution in [0.1, 0.15) is 25.7 Å². The Morgan fingerprint density at radius 2 is 2.05 bits per heavy atom. The summed E-state index contributed by atoms with van der Waals surface area (Å²) >= 11 is 5.81. The molecule has 1 unspecified atom stereocenters. The number of hydrogen-bond donors (Lipinski definition) is 2. The molecular formula is C14H19ClN2O2. The van der Waals surface area contributed by atoms with Crippen molar-refractivity contribution >= 4 is 23.3 Å². The average molecular weight is 283 g/mol. The normalized spacial score (nSPS) is 19.9. The third kappa shape index (κ3) is 3.85. The lowest BCUT2D eigenvalue weighted by Gasteiger charge is -2.28. The number of hydrogen-bond acceptors (Lipinski definition) is 2. The van der Waals surface area contributed by atoms with E-state index >= 15 is 0 Å². The van der Waals surface area contributed by atoms with Crippen LogP contribution in [-0.2, 0) is 0 Å². The Morgan fingerprint density at radius 1 is 1.32 bits per heavy atom. The lowest BCUT2D eigenvalue weighted by molar-refractivity contribution is 0.142. The number of likely N-dealkylation sites (tertiary alicyclic amines) is 1. The molecule has 104 valence electrons. The van der Waals surface area contributed by atoms with Gasteiger partial charge in [0.15, 0.2) is 0 Å². The van der Waals surface area contributed by atoms with Gasteiger partial charge in [0.2, 0.25) is 0 Å². The maximum absolute atomic E-state index is 12.2. The number of aliphatic hydroxyl groups excluding tert-OH is 1. The van der Waals surface area contributed by atoms with Crippen molar-refractivity contribution in [3.63, 3.8) is 0 Å². The molecule has 2 rings (SSSR count). The Labute approximate surface area is 118 Å². The number of anilines is 1. The van der Waals surface area contributed by atoms with E-state index in [0.717, 1.165) is 31.4 Å². The first kappa shape index (κ1) is 14.2. The Balaban J connectivity index is 2.02. The molecule has 1 heterocycles. The number of aliphatic hydroxyl groups is 1. The molecule has 2 amide bonds. The lowest BCUT2D eigenvalue weighted by atomic mass is 10.1. The lowest BCUT2D eigenvalue weighted by Crippen LogP contribution is -2.44. The number of halogens is 1. The van der Waals surface area contributed by atoms with Gasteiger partial charge in [0.05, 0.1) is 12.6 Å². The van der Waals surface area contributed by atoms with Crippen molar-refractivity contribution in [2.45, 2.75) is 31.7 Å². The zero-order chi connectivity index (χ0) is 13.7. The Morgan fingerprint density at radius 3 is 2.74 bits per heavy atom. The molecule has 0 saturated carbocycles. The van der Waals surface area contributed by atoms with Crippen LogP contribution >= 0.6 is 11.6 Å². The van der Waals surface area contributed by atoms with Crippen molar-refractivity contribution in [3.8, 4) is 0 Å². The van der Waals surface area contributed by atoms with E-state index in [1.807, 2.05) is 0 Å². The van der Waals surface area contributed by atoms with Gasteiger partial charge in [-0.05, 0) is 37.1 Å². The first-order valence-electron chi connectivity index (χ1n) is 6.65. The molecule has 2 N–H and O–H groups in total. The Bertz CT molecular complexity index is 422. The summed E-state index contributed by atoms with van der Waals surface area (Å²) in [6.07, 6.45) is 4.03. The van der Waals surface area contributed by atoms with Crippen LogP contribution < -0.4 is 5.32 Å². The van der Waals surface area contributed by atoms with E-state index in [2.05, 4.69) is 5.32 Å². The van der Waals surface area contributed by atoms with E-state index < -0.39 is 0 Å². The van der Waals surface area contributed by atoms with E-state index in [4.69, 9.17) is 11.6 Å². The molecule has 5 heteroatoms. The summed E-state index contributed by atoms with van der Waals surface area (Å²) in [6, 6.07) is 6.79. The summed E-state index contributed by atoms with van der Waals surface area (Å²) in [5, 5.41) is 12.9. The second kappa shape index (κ2) is 6.78. The van der Waals surface area contributed by atoms with E-state index in [1.165, 1.54) is 0 Å². The number of urea groups is 1.